The number of aromatic nitrogens is 5. The van der Waals surface area contributed by atoms with Crippen LogP contribution in [0.5, 0.6) is 0 Å². The Morgan fingerprint density at radius 1 is 0.877 bits per heavy atom. The van der Waals surface area contributed by atoms with E-state index in [1.165, 1.54) is 12.1 Å². The predicted octanol–water partition coefficient (Wildman–Crippen LogP) is 8.16. The fourth-order valence-corrected chi connectivity index (χ4v) is 8.96. The topological polar surface area (TPSA) is 124 Å². The van der Waals surface area contributed by atoms with E-state index < -0.39 is 21.7 Å². The number of hydrogen-bond donors (Lipinski definition) is 0. The average Bonchev–Trinajstić information content (AvgIpc) is 3.82. The molecule has 0 radical (unpaired) electrons. The molecular formula is C40H60BrFN6O7Si2. The van der Waals surface area contributed by atoms with Gasteiger partial charge in [-0.05, 0) is 78.0 Å². The Kier molecular flexibility index (Phi) is 16.0. The lowest BCUT2D eigenvalue weighted by molar-refractivity contribution is -0.181. The maximum atomic E-state index is 13.7. The highest BCUT2D eigenvalue weighted by atomic mass is 79.9. The van der Waals surface area contributed by atoms with Crippen molar-refractivity contribution in [2.75, 3.05) is 72.2 Å². The molecule has 0 N–H and O–H groups in total. The summed E-state index contributed by atoms with van der Waals surface area (Å²) in [7, 11) is 0.508. The Morgan fingerprint density at radius 2 is 1.49 bits per heavy atom. The van der Waals surface area contributed by atoms with Crippen LogP contribution in [0, 0.1) is 5.82 Å². The number of benzene rings is 1. The lowest BCUT2D eigenvalue weighted by Crippen LogP contribution is -2.46. The second-order valence-electron chi connectivity index (χ2n) is 17.1. The normalized spacial score (nSPS) is 17.7. The molecule has 0 unspecified atom stereocenters. The molecule has 0 bridgehead atoms. The van der Waals surface area contributed by atoms with Crippen LogP contribution in [0.25, 0.3) is 22.5 Å². The highest BCUT2D eigenvalue weighted by molar-refractivity contribution is 9.10. The minimum Gasteiger partial charge on any atom is -0.461 e. The van der Waals surface area contributed by atoms with E-state index in [4.69, 9.17) is 38.5 Å². The summed E-state index contributed by atoms with van der Waals surface area (Å²) in [5.74, 6) is 0.0405. The Labute approximate surface area is 346 Å². The van der Waals surface area contributed by atoms with Gasteiger partial charge in [-0.15, -0.1) is 0 Å². The van der Waals surface area contributed by atoms with Gasteiger partial charge in [0.05, 0.1) is 48.1 Å². The number of methoxy groups -OCH3 is 2. The lowest BCUT2D eigenvalue weighted by atomic mass is 9.77. The number of rotatable bonds is 22. The molecule has 314 valence electrons. The molecule has 3 heterocycles. The molecular weight excluding hydrogens is 832 g/mol. The summed E-state index contributed by atoms with van der Waals surface area (Å²) < 4.78 is 53.1. The van der Waals surface area contributed by atoms with Gasteiger partial charge in [0.25, 0.3) is 0 Å². The minimum absolute atomic E-state index is 0.0267. The van der Waals surface area contributed by atoms with Crippen LogP contribution in [0.3, 0.4) is 0 Å². The predicted molar refractivity (Wildman–Crippen MR) is 228 cm³/mol. The molecule has 0 amide bonds. The molecule has 13 nitrogen and oxygen atoms in total. The number of carbonyl (C=O) groups is 1. The molecule has 1 saturated carbocycles. The van der Waals surface area contributed by atoms with E-state index in [0.717, 1.165) is 44.9 Å². The highest BCUT2D eigenvalue weighted by Gasteiger charge is 2.45. The number of anilines is 1. The molecule has 4 aromatic rings. The minimum atomic E-state index is -1.34. The van der Waals surface area contributed by atoms with Gasteiger partial charge in [-0.2, -0.15) is 14.7 Å². The molecule has 3 aromatic heterocycles. The van der Waals surface area contributed by atoms with Crippen molar-refractivity contribution in [3.05, 3.63) is 58.8 Å². The van der Waals surface area contributed by atoms with Gasteiger partial charge >= 0.3 is 5.97 Å². The Hall–Kier alpha value is -3.04. The van der Waals surface area contributed by atoms with Crippen LogP contribution in [0.1, 0.15) is 37.3 Å². The quantitative estimate of drug-likeness (QED) is 0.0329. The van der Waals surface area contributed by atoms with E-state index >= 15 is 0 Å². The van der Waals surface area contributed by atoms with Crippen molar-refractivity contribution in [3.8, 4) is 16.8 Å². The van der Waals surface area contributed by atoms with Crippen molar-refractivity contribution in [3.63, 3.8) is 0 Å². The van der Waals surface area contributed by atoms with Crippen molar-refractivity contribution in [1.29, 1.82) is 0 Å². The zero-order chi connectivity index (χ0) is 41.2. The summed E-state index contributed by atoms with van der Waals surface area (Å²) >= 11 is 4.01. The van der Waals surface area contributed by atoms with Gasteiger partial charge in [-0.25, -0.2) is 18.9 Å². The van der Waals surface area contributed by atoms with Crippen LogP contribution in [0.2, 0.25) is 51.4 Å². The fourth-order valence-electron chi connectivity index (χ4n) is 6.62. The third-order valence-corrected chi connectivity index (χ3v) is 14.3. The van der Waals surface area contributed by atoms with Crippen molar-refractivity contribution in [2.24, 2.45) is 0 Å². The second kappa shape index (κ2) is 20.3. The number of fused-ring (bicyclic) bond motifs is 1. The van der Waals surface area contributed by atoms with Crippen LogP contribution in [0.4, 0.5) is 10.2 Å². The number of nitrogens with zero attached hydrogens (tertiary/aromatic N) is 6. The Balaban J connectivity index is 1.55. The van der Waals surface area contributed by atoms with E-state index in [0.29, 0.717) is 71.2 Å². The molecule has 1 aromatic carbocycles. The molecule has 0 spiro atoms. The van der Waals surface area contributed by atoms with Gasteiger partial charge in [0.15, 0.2) is 17.1 Å². The highest BCUT2D eigenvalue weighted by Crippen LogP contribution is 2.45. The second-order valence-corrected chi connectivity index (χ2v) is 29.1. The first kappa shape index (κ1) is 45.1. The number of hydrogen-bond acceptors (Lipinski definition) is 11. The first-order valence-corrected chi connectivity index (χ1v) is 27.9. The summed E-state index contributed by atoms with van der Waals surface area (Å²) in [6.07, 6.45) is 7.60. The van der Waals surface area contributed by atoms with E-state index in [1.54, 1.807) is 43.4 Å². The number of halogens is 2. The number of ether oxygens (including phenoxy) is 6. The summed E-state index contributed by atoms with van der Waals surface area (Å²) in [4.78, 5) is 21.0. The summed E-state index contributed by atoms with van der Waals surface area (Å²) in [5.41, 5.74) is 2.71. The first-order valence-electron chi connectivity index (χ1n) is 19.7. The van der Waals surface area contributed by atoms with E-state index in [2.05, 4.69) is 65.2 Å². The fraction of sp³-hybridized carbons (Fsp3) is 0.600. The van der Waals surface area contributed by atoms with Gasteiger partial charge < -0.3 is 33.3 Å². The number of carbonyl (C=O) groups excluding carboxylic acids is 1. The Morgan fingerprint density at radius 3 is 2.09 bits per heavy atom. The van der Waals surface area contributed by atoms with Gasteiger partial charge in [0.2, 0.25) is 0 Å². The van der Waals surface area contributed by atoms with Crippen molar-refractivity contribution in [1.82, 2.24) is 24.4 Å². The SMILES string of the molecule is COCCOC(=O)[C@]1(OCCOC)CC[C@@H](c2nc3c(-c4cnn(-c5ccc(F)cc5)c4)cnn3c(N(COCC[Si](C)(C)C)COCC[Si](C)(C)C)c2Br)CC1. The van der Waals surface area contributed by atoms with Crippen LogP contribution >= 0.6 is 15.9 Å². The third kappa shape index (κ3) is 12.3. The Bertz CT molecular complexity index is 1870. The summed E-state index contributed by atoms with van der Waals surface area (Å²) in [5, 5.41) is 9.51. The smallest absolute Gasteiger partial charge is 0.338 e. The molecule has 57 heavy (non-hydrogen) atoms. The molecule has 0 aliphatic heterocycles. The lowest BCUT2D eigenvalue weighted by Gasteiger charge is -2.38. The van der Waals surface area contributed by atoms with E-state index in [1.807, 2.05) is 10.7 Å². The summed E-state index contributed by atoms with van der Waals surface area (Å²) in [6.45, 7) is 17.0. The van der Waals surface area contributed by atoms with Crippen LogP contribution in [0.15, 0.2) is 47.3 Å². The summed E-state index contributed by atoms with van der Waals surface area (Å²) in [6, 6.07) is 8.26. The maximum Gasteiger partial charge on any atom is 0.338 e. The monoisotopic (exact) mass is 890 g/mol. The van der Waals surface area contributed by atoms with Crippen LogP contribution < -0.4 is 4.90 Å². The van der Waals surface area contributed by atoms with Crippen molar-refractivity contribution < 1.29 is 37.6 Å². The molecule has 1 aliphatic rings. The standard InChI is InChI=1S/C40H60BrFN6O7Si2/c1-50-17-19-54-39(49)40(55-20-18-51-2)15-13-30(14-16-40)36-35(41)38(46(28-52-21-23-56(3,4)5)29-53-22-24-57(6,7)8)48-37(45-36)34(26-44-48)31-25-43-47(27-31)33-11-9-32(42)10-12-33/h9-12,25-27,30H,13-24,28-29H2,1-8H3/t30-,40+. The average molecular weight is 892 g/mol. The van der Waals surface area contributed by atoms with Crippen molar-refractivity contribution in [2.45, 2.75) is 88.6 Å². The van der Waals surface area contributed by atoms with E-state index in [9.17, 15) is 9.18 Å². The van der Waals surface area contributed by atoms with Gasteiger partial charge in [0, 0.05) is 66.8 Å². The van der Waals surface area contributed by atoms with Crippen LogP contribution in [-0.2, 0) is 33.2 Å². The number of esters is 1. The zero-order valence-electron chi connectivity index (χ0n) is 34.8. The molecule has 0 atom stereocenters. The molecule has 0 saturated heterocycles. The molecule has 17 heteroatoms. The maximum absolute atomic E-state index is 13.7. The van der Waals surface area contributed by atoms with Gasteiger partial charge in [-0.1, -0.05) is 39.3 Å². The van der Waals surface area contributed by atoms with Gasteiger partial charge in [0.1, 0.15) is 25.9 Å². The van der Waals surface area contributed by atoms with Gasteiger partial charge in [-0.3, -0.25) is 0 Å². The van der Waals surface area contributed by atoms with Crippen LogP contribution in [-0.4, -0.2) is 119 Å². The molecule has 5 rings (SSSR count). The van der Waals surface area contributed by atoms with E-state index in [-0.39, 0.29) is 30.9 Å². The first-order chi connectivity index (χ1) is 27.1. The molecule has 1 aliphatic carbocycles. The largest absolute Gasteiger partial charge is 0.461 e. The van der Waals surface area contributed by atoms with Crippen molar-refractivity contribution >= 4 is 49.5 Å². The zero-order valence-corrected chi connectivity index (χ0v) is 38.4. The molecule has 1 fully saturated rings. The third-order valence-electron chi connectivity index (χ3n) is 10.1.